The molecule has 1 heterocycles. The fourth-order valence-electron chi connectivity index (χ4n) is 1.64. The molecule has 0 saturated carbocycles. The molecular weight excluding hydrogens is 289 g/mol. The van der Waals surface area contributed by atoms with Gasteiger partial charge < -0.3 is 4.90 Å². The number of benzene rings is 1. The first kappa shape index (κ1) is 9.96. The third-order valence-electron chi connectivity index (χ3n) is 2.44. The lowest BCUT2D eigenvalue weighted by molar-refractivity contribution is 0.0530. The van der Waals surface area contributed by atoms with Crippen molar-refractivity contribution >= 4 is 28.5 Å². The second-order valence-electron chi connectivity index (χ2n) is 3.82. The first-order chi connectivity index (χ1) is 6.66. The highest BCUT2D eigenvalue weighted by molar-refractivity contribution is 14.1. The number of carbonyl (C=O) groups is 1. The van der Waals surface area contributed by atoms with E-state index in [0.29, 0.717) is 5.92 Å². The predicted molar refractivity (Wildman–Crippen MR) is 64.2 cm³/mol. The molecule has 0 unspecified atom stereocenters. The number of rotatable bonds is 1. The van der Waals surface area contributed by atoms with Gasteiger partial charge in [-0.15, -0.1) is 0 Å². The van der Waals surface area contributed by atoms with Crippen LogP contribution in [0.2, 0.25) is 0 Å². The summed E-state index contributed by atoms with van der Waals surface area (Å²) in [4.78, 5) is 13.7. The van der Waals surface area contributed by atoms with Crippen molar-refractivity contribution in [3.63, 3.8) is 0 Å². The zero-order chi connectivity index (χ0) is 10.1. The van der Waals surface area contributed by atoms with Crippen molar-refractivity contribution in [2.45, 2.75) is 6.92 Å². The summed E-state index contributed by atoms with van der Waals surface area (Å²) >= 11 is 2.24. The molecule has 3 heteroatoms. The molecule has 1 aliphatic rings. The first-order valence-electron chi connectivity index (χ1n) is 4.71. The van der Waals surface area contributed by atoms with Crippen molar-refractivity contribution in [1.82, 2.24) is 4.90 Å². The maximum absolute atomic E-state index is 11.8. The van der Waals surface area contributed by atoms with Gasteiger partial charge in [0.1, 0.15) is 0 Å². The quantitative estimate of drug-likeness (QED) is 0.729. The number of amides is 1. The molecule has 1 aromatic carbocycles. The van der Waals surface area contributed by atoms with Crippen LogP contribution in [-0.4, -0.2) is 23.9 Å². The zero-order valence-electron chi connectivity index (χ0n) is 8.03. The molecule has 0 radical (unpaired) electrons. The lowest BCUT2D eigenvalue weighted by Crippen LogP contribution is -2.48. The van der Waals surface area contributed by atoms with Crippen molar-refractivity contribution in [1.29, 1.82) is 0 Å². The van der Waals surface area contributed by atoms with Gasteiger partial charge in [0.05, 0.1) is 0 Å². The average Bonchev–Trinajstić information content (AvgIpc) is 2.13. The van der Waals surface area contributed by atoms with E-state index in [9.17, 15) is 4.79 Å². The fourth-order valence-corrected chi connectivity index (χ4v) is 2.00. The van der Waals surface area contributed by atoms with E-state index in [-0.39, 0.29) is 5.91 Å². The molecule has 1 saturated heterocycles. The van der Waals surface area contributed by atoms with Crippen molar-refractivity contribution < 1.29 is 4.79 Å². The van der Waals surface area contributed by atoms with Crippen LogP contribution in [0, 0.1) is 9.49 Å². The number of hydrogen-bond acceptors (Lipinski definition) is 1. The second kappa shape index (κ2) is 3.88. The summed E-state index contributed by atoms with van der Waals surface area (Å²) in [6.45, 7) is 3.98. The minimum atomic E-state index is 0.166. The first-order valence-corrected chi connectivity index (χ1v) is 5.79. The minimum absolute atomic E-state index is 0.166. The summed E-state index contributed by atoms with van der Waals surface area (Å²) < 4.78 is 1.16. The van der Waals surface area contributed by atoms with Crippen LogP contribution in [0.1, 0.15) is 17.3 Å². The number of nitrogens with zero attached hydrogens (tertiary/aromatic N) is 1. The topological polar surface area (TPSA) is 20.3 Å². The van der Waals surface area contributed by atoms with Crippen LogP contribution >= 0.6 is 22.6 Å². The molecule has 0 bridgehead atoms. The smallest absolute Gasteiger partial charge is 0.253 e. The molecule has 14 heavy (non-hydrogen) atoms. The molecule has 0 atom stereocenters. The molecular formula is C11H12INO. The van der Waals surface area contributed by atoms with Crippen molar-refractivity contribution in [3.8, 4) is 0 Å². The Morgan fingerprint density at radius 1 is 1.36 bits per heavy atom. The Morgan fingerprint density at radius 3 is 2.43 bits per heavy atom. The molecule has 0 N–H and O–H groups in total. The normalized spacial score (nSPS) is 16.6. The van der Waals surface area contributed by atoms with Crippen LogP contribution in [0.15, 0.2) is 24.3 Å². The van der Waals surface area contributed by atoms with Crippen molar-refractivity contribution in [2.75, 3.05) is 13.1 Å². The summed E-state index contributed by atoms with van der Waals surface area (Å²) in [6, 6.07) is 7.73. The number of halogens is 1. The Morgan fingerprint density at radius 2 is 1.93 bits per heavy atom. The Hall–Kier alpha value is -0.580. The zero-order valence-corrected chi connectivity index (χ0v) is 10.2. The maximum atomic E-state index is 11.8. The van der Waals surface area contributed by atoms with E-state index in [1.807, 2.05) is 29.2 Å². The Bertz CT molecular complexity index is 341. The number of hydrogen-bond donors (Lipinski definition) is 0. The molecule has 2 nitrogen and oxygen atoms in total. The van der Waals surface area contributed by atoms with Gasteiger partial charge >= 0.3 is 0 Å². The standard InChI is InChI=1S/C11H12INO/c1-8-6-13(7-8)11(14)9-2-4-10(12)5-3-9/h2-5,8H,6-7H2,1H3. The van der Waals surface area contributed by atoms with Gasteiger partial charge in [0.25, 0.3) is 5.91 Å². The third-order valence-corrected chi connectivity index (χ3v) is 3.16. The lowest BCUT2D eigenvalue weighted by Gasteiger charge is -2.37. The Kier molecular flexibility index (Phi) is 2.76. The van der Waals surface area contributed by atoms with Crippen molar-refractivity contribution in [3.05, 3.63) is 33.4 Å². The maximum Gasteiger partial charge on any atom is 0.253 e. The van der Waals surface area contributed by atoms with Crippen LogP contribution in [0.5, 0.6) is 0 Å². The Balaban J connectivity index is 2.08. The summed E-state index contributed by atoms with van der Waals surface area (Å²) in [7, 11) is 0. The lowest BCUT2D eigenvalue weighted by atomic mass is 10.0. The average molecular weight is 301 g/mol. The van der Waals surface area contributed by atoms with E-state index in [1.165, 1.54) is 0 Å². The van der Waals surface area contributed by atoms with Crippen LogP contribution in [0.4, 0.5) is 0 Å². The second-order valence-corrected chi connectivity index (χ2v) is 5.07. The molecule has 74 valence electrons. The highest BCUT2D eigenvalue weighted by Crippen LogP contribution is 2.18. The largest absolute Gasteiger partial charge is 0.338 e. The number of carbonyl (C=O) groups excluding carboxylic acids is 1. The van der Waals surface area contributed by atoms with Crippen molar-refractivity contribution in [2.24, 2.45) is 5.92 Å². The van der Waals surface area contributed by atoms with E-state index in [4.69, 9.17) is 0 Å². The van der Waals surface area contributed by atoms with Gasteiger partial charge in [-0.2, -0.15) is 0 Å². The third kappa shape index (κ3) is 1.92. The molecule has 1 aromatic rings. The SMILES string of the molecule is CC1CN(C(=O)c2ccc(I)cc2)C1. The minimum Gasteiger partial charge on any atom is -0.338 e. The summed E-state index contributed by atoms with van der Waals surface area (Å²) in [5.74, 6) is 0.835. The van der Waals surface area contributed by atoms with Gasteiger partial charge in [-0.1, -0.05) is 6.92 Å². The number of likely N-dealkylation sites (tertiary alicyclic amines) is 1. The van der Waals surface area contributed by atoms with E-state index in [1.54, 1.807) is 0 Å². The van der Waals surface area contributed by atoms with Crippen LogP contribution < -0.4 is 0 Å². The predicted octanol–water partition coefficient (Wildman–Crippen LogP) is 2.38. The Labute approximate surface area is 97.4 Å². The van der Waals surface area contributed by atoms with E-state index in [0.717, 1.165) is 22.2 Å². The molecule has 1 aliphatic heterocycles. The van der Waals surface area contributed by atoms with Gasteiger partial charge in [0, 0.05) is 22.2 Å². The molecule has 1 fully saturated rings. The molecule has 1 amide bonds. The fraction of sp³-hybridized carbons (Fsp3) is 0.364. The van der Waals surface area contributed by atoms with E-state index in [2.05, 4.69) is 29.5 Å². The van der Waals surface area contributed by atoms with E-state index >= 15 is 0 Å². The van der Waals surface area contributed by atoms with Gasteiger partial charge in [0.15, 0.2) is 0 Å². The van der Waals surface area contributed by atoms with Crippen LogP contribution in [0.25, 0.3) is 0 Å². The van der Waals surface area contributed by atoms with Gasteiger partial charge in [-0.05, 0) is 52.8 Å². The van der Waals surface area contributed by atoms with Crippen LogP contribution in [-0.2, 0) is 0 Å². The molecule has 0 aliphatic carbocycles. The van der Waals surface area contributed by atoms with Crippen LogP contribution in [0.3, 0.4) is 0 Å². The van der Waals surface area contributed by atoms with Gasteiger partial charge in [0.2, 0.25) is 0 Å². The highest BCUT2D eigenvalue weighted by atomic mass is 127. The summed E-state index contributed by atoms with van der Waals surface area (Å²) in [5, 5.41) is 0. The molecule has 2 rings (SSSR count). The van der Waals surface area contributed by atoms with Gasteiger partial charge in [-0.25, -0.2) is 0 Å². The molecule has 0 aromatic heterocycles. The summed E-state index contributed by atoms with van der Waals surface area (Å²) in [6.07, 6.45) is 0. The van der Waals surface area contributed by atoms with E-state index < -0.39 is 0 Å². The monoisotopic (exact) mass is 301 g/mol. The van der Waals surface area contributed by atoms with Gasteiger partial charge in [-0.3, -0.25) is 4.79 Å². The highest BCUT2D eigenvalue weighted by Gasteiger charge is 2.27. The summed E-state index contributed by atoms with van der Waals surface area (Å²) in [5.41, 5.74) is 0.803. The molecule has 0 spiro atoms.